The van der Waals surface area contributed by atoms with Gasteiger partial charge in [-0.3, -0.25) is 4.90 Å². The SMILES string of the molecule is CN(CCCc1cc(-c2ccccc2)no1)CC1CN(c2ccccc2)C(=O)O1. The van der Waals surface area contributed by atoms with Crippen LogP contribution in [0.25, 0.3) is 11.3 Å². The van der Waals surface area contributed by atoms with Gasteiger partial charge < -0.3 is 14.2 Å². The number of hydrogen-bond acceptors (Lipinski definition) is 5. The van der Waals surface area contributed by atoms with Crippen molar-refractivity contribution in [3.05, 3.63) is 72.5 Å². The second-order valence-electron chi connectivity index (χ2n) is 7.36. The number of likely N-dealkylation sites (N-methyl/N-ethyl adjacent to an activating group) is 1. The average Bonchev–Trinajstić information content (AvgIpc) is 3.36. The van der Waals surface area contributed by atoms with Gasteiger partial charge in [0, 0.05) is 30.3 Å². The van der Waals surface area contributed by atoms with E-state index in [1.807, 2.05) is 66.7 Å². The van der Waals surface area contributed by atoms with Crippen molar-refractivity contribution in [2.75, 3.05) is 31.6 Å². The average molecular weight is 391 g/mol. The van der Waals surface area contributed by atoms with Gasteiger partial charge in [0.2, 0.25) is 0 Å². The molecule has 150 valence electrons. The van der Waals surface area contributed by atoms with Crippen LogP contribution in [-0.4, -0.2) is 48.9 Å². The molecule has 0 N–H and O–H groups in total. The van der Waals surface area contributed by atoms with Gasteiger partial charge in [-0.1, -0.05) is 53.7 Å². The molecule has 6 heteroatoms. The normalized spacial score (nSPS) is 16.4. The lowest BCUT2D eigenvalue weighted by atomic mass is 10.1. The molecule has 0 spiro atoms. The fourth-order valence-electron chi connectivity index (χ4n) is 3.57. The minimum atomic E-state index is -0.273. The summed E-state index contributed by atoms with van der Waals surface area (Å²) in [6.45, 7) is 2.18. The molecule has 1 aliphatic heterocycles. The first-order chi connectivity index (χ1) is 14.2. The summed E-state index contributed by atoms with van der Waals surface area (Å²) >= 11 is 0. The molecule has 1 saturated heterocycles. The van der Waals surface area contributed by atoms with E-state index in [1.54, 1.807) is 4.90 Å². The molecule has 1 aromatic heterocycles. The molecule has 0 radical (unpaired) electrons. The molecule has 3 aromatic rings. The molecule has 0 bridgehead atoms. The van der Waals surface area contributed by atoms with E-state index in [2.05, 4.69) is 17.1 Å². The van der Waals surface area contributed by atoms with Gasteiger partial charge in [0.25, 0.3) is 0 Å². The summed E-state index contributed by atoms with van der Waals surface area (Å²) < 4.78 is 11.0. The van der Waals surface area contributed by atoms with Crippen molar-refractivity contribution in [3.8, 4) is 11.3 Å². The summed E-state index contributed by atoms with van der Waals surface area (Å²) in [5.41, 5.74) is 2.81. The van der Waals surface area contributed by atoms with Gasteiger partial charge in [0.1, 0.15) is 17.6 Å². The summed E-state index contributed by atoms with van der Waals surface area (Å²) in [5.74, 6) is 0.889. The molecule has 1 fully saturated rings. The van der Waals surface area contributed by atoms with Gasteiger partial charge in [-0.15, -0.1) is 0 Å². The summed E-state index contributed by atoms with van der Waals surface area (Å²) in [5, 5.41) is 4.16. The van der Waals surface area contributed by atoms with Crippen molar-refractivity contribution in [1.29, 1.82) is 0 Å². The Morgan fingerprint density at radius 3 is 2.59 bits per heavy atom. The fourth-order valence-corrected chi connectivity index (χ4v) is 3.57. The van der Waals surface area contributed by atoms with Crippen LogP contribution in [0.15, 0.2) is 71.3 Å². The molecular formula is C23H25N3O3. The van der Waals surface area contributed by atoms with Gasteiger partial charge in [-0.05, 0) is 32.1 Å². The Morgan fingerprint density at radius 1 is 1.10 bits per heavy atom. The van der Waals surface area contributed by atoms with Crippen molar-refractivity contribution in [1.82, 2.24) is 10.1 Å². The van der Waals surface area contributed by atoms with E-state index in [1.165, 1.54) is 0 Å². The molecular weight excluding hydrogens is 366 g/mol. The Hall–Kier alpha value is -3.12. The molecule has 0 saturated carbocycles. The van der Waals surface area contributed by atoms with Crippen molar-refractivity contribution in [2.24, 2.45) is 0 Å². The first-order valence-electron chi connectivity index (χ1n) is 9.92. The van der Waals surface area contributed by atoms with Gasteiger partial charge in [-0.2, -0.15) is 0 Å². The number of nitrogens with zero attached hydrogens (tertiary/aromatic N) is 3. The van der Waals surface area contributed by atoms with Gasteiger partial charge in [0.15, 0.2) is 0 Å². The van der Waals surface area contributed by atoms with Crippen LogP contribution in [0.4, 0.5) is 10.5 Å². The van der Waals surface area contributed by atoms with Crippen molar-refractivity contribution in [2.45, 2.75) is 18.9 Å². The molecule has 4 rings (SSSR count). The molecule has 2 heterocycles. The predicted molar refractivity (Wildman–Crippen MR) is 112 cm³/mol. The molecule has 1 unspecified atom stereocenters. The minimum absolute atomic E-state index is 0.123. The van der Waals surface area contributed by atoms with Crippen LogP contribution in [0.3, 0.4) is 0 Å². The third-order valence-corrected chi connectivity index (χ3v) is 5.05. The number of carbonyl (C=O) groups is 1. The highest BCUT2D eigenvalue weighted by molar-refractivity contribution is 5.89. The number of aromatic nitrogens is 1. The van der Waals surface area contributed by atoms with Crippen molar-refractivity contribution >= 4 is 11.8 Å². The maximum atomic E-state index is 12.2. The Bertz CT molecular complexity index is 927. The highest BCUT2D eigenvalue weighted by Crippen LogP contribution is 2.22. The second kappa shape index (κ2) is 8.92. The van der Waals surface area contributed by atoms with Crippen LogP contribution in [0, 0.1) is 0 Å². The number of hydrogen-bond donors (Lipinski definition) is 0. The quantitative estimate of drug-likeness (QED) is 0.575. The summed E-state index contributed by atoms with van der Waals surface area (Å²) in [4.78, 5) is 16.0. The highest BCUT2D eigenvalue weighted by atomic mass is 16.6. The molecule has 29 heavy (non-hydrogen) atoms. The standard InChI is InChI=1S/C23H25N3O3/c1-25(16-21-17-26(23(27)28-21)19-11-6-3-7-12-19)14-8-13-20-15-22(24-29-20)18-9-4-2-5-10-18/h2-7,9-12,15,21H,8,13-14,16-17H2,1H3. The number of aryl methyl sites for hydroxylation is 1. The number of benzene rings is 2. The van der Waals surface area contributed by atoms with Gasteiger partial charge in [0.05, 0.1) is 6.54 Å². The van der Waals surface area contributed by atoms with Crippen LogP contribution >= 0.6 is 0 Å². The number of anilines is 1. The Labute approximate surface area is 170 Å². The zero-order valence-electron chi connectivity index (χ0n) is 16.5. The number of rotatable bonds is 8. The Balaban J connectivity index is 1.22. The smallest absolute Gasteiger partial charge is 0.414 e. The molecule has 1 atom stereocenters. The summed E-state index contributed by atoms with van der Waals surface area (Å²) in [6.07, 6.45) is 1.38. The third-order valence-electron chi connectivity index (χ3n) is 5.05. The first kappa shape index (κ1) is 19.2. The lowest BCUT2D eigenvalue weighted by Crippen LogP contribution is -2.33. The predicted octanol–water partition coefficient (Wildman–Crippen LogP) is 4.23. The van der Waals surface area contributed by atoms with Crippen LogP contribution in [0.1, 0.15) is 12.2 Å². The maximum Gasteiger partial charge on any atom is 0.414 e. The largest absolute Gasteiger partial charge is 0.443 e. The maximum absolute atomic E-state index is 12.2. The number of para-hydroxylation sites is 1. The zero-order valence-corrected chi connectivity index (χ0v) is 16.5. The third kappa shape index (κ3) is 4.84. The molecule has 2 aromatic carbocycles. The number of cyclic esters (lactones) is 1. The molecule has 1 amide bonds. The van der Waals surface area contributed by atoms with Crippen molar-refractivity contribution < 1.29 is 14.1 Å². The lowest BCUT2D eigenvalue weighted by Gasteiger charge is -2.19. The van der Waals surface area contributed by atoms with Crippen LogP contribution in [0.5, 0.6) is 0 Å². The highest BCUT2D eigenvalue weighted by Gasteiger charge is 2.32. The van der Waals surface area contributed by atoms with E-state index in [0.29, 0.717) is 13.1 Å². The first-order valence-corrected chi connectivity index (χ1v) is 9.92. The van der Waals surface area contributed by atoms with Crippen LogP contribution in [-0.2, 0) is 11.2 Å². The van der Waals surface area contributed by atoms with E-state index in [4.69, 9.17) is 9.26 Å². The summed E-state index contributed by atoms with van der Waals surface area (Å²) in [6, 6.07) is 21.7. The monoisotopic (exact) mass is 391 g/mol. The van der Waals surface area contributed by atoms with E-state index in [9.17, 15) is 4.79 Å². The van der Waals surface area contributed by atoms with E-state index < -0.39 is 0 Å². The molecule has 6 nitrogen and oxygen atoms in total. The number of ether oxygens (including phenoxy) is 1. The Morgan fingerprint density at radius 2 is 1.83 bits per heavy atom. The van der Waals surface area contributed by atoms with Gasteiger partial charge >= 0.3 is 6.09 Å². The zero-order chi connectivity index (χ0) is 20.1. The lowest BCUT2D eigenvalue weighted by molar-refractivity contribution is 0.116. The number of amides is 1. The molecule has 0 aliphatic carbocycles. The Kier molecular flexibility index (Phi) is 5.91. The summed E-state index contributed by atoms with van der Waals surface area (Å²) in [7, 11) is 2.05. The second-order valence-corrected chi connectivity index (χ2v) is 7.36. The van der Waals surface area contributed by atoms with E-state index in [-0.39, 0.29) is 12.2 Å². The van der Waals surface area contributed by atoms with Crippen molar-refractivity contribution in [3.63, 3.8) is 0 Å². The van der Waals surface area contributed by atoms with E-state index in [0.717, 1.165) is 42.1 Å². The fraction of sp³-hybridized carbons (Fsp3) is 0.304. The van der Waals surface area contributed by atoms with E-state index >= 15 is 0 Å². The molecule has 1 aliphatic rings. The topological polar surface area (TPSA) is 58.8 Å². The number of carbonyl (C=O) groups excluding carboxylic acids is 1. The minimum Gasteiger partial charge on any atom is -0.443 e. The van der Waals surface area contributed by atoms with Crippen LogP contribution in [0.2, 0.25) is 0 Å². The van der Waals surface area contributed by atoms with Crippen LogP contribution < -0.4 is 4.90 Å². The van der Waals surface area contributed by atoms with Gasteiger partial charge in [-0.25, -0.2) is 4.79 Å².